The van der Waals surface area contributed by atoms with Crippen LogP contribution in [0.15, 0.2) is 52.7 Å². The Hall–Kier alpha value is -2.92. The van der Waals surface area contributed by atoms with Gasteiger partial charge in [-0.15, -0.1) is 11.3 Å². The first kappa shape index (κ1) is 17.9. The zero-order chi connectivity index (χ0) is 18.9. The van der Waals surface area contributed by atoms with Gasteiger partial charge in [0, 0.05) is 23.1 Å². The van der Waals surface area contributed by atoms with Gasteiger partial charge in [0.05, 0.1) is 10.6 Å². The Morgan fingerprint density at radius 3 is 2.58 bits per heavy atom. The Morgan fingerprint density at radius 1 is 1.15 bits per heavy atom. The number of hydrogen-bond acceptors (Lipinski definition) is 6. The Labute approximate surface area is 150 Å². The zero-order valence-corrected chi connectivity index (χ0v) is 14.4. The number of rotatable bonds is 5. The van der Waals surface area contributed by atoms with Gasteiger partial charge in [0.2, 0.25) is 0 Å². The van der Waals surface area contributed by atoms with Gasteiger partial charge < -0.3 is 0 Å². The lowest BCUT2D eigenvalue weighted by Crippen LogP contribution is -2.14. The predicted octanol–water partition coefficient (Wildman–Crippen LogP) is 3.80. The number of nitrogens with one attached hydrogen (secondary N) is 1. The Balaban J connectivity index is 1.93. The van der Waals surface area contributed by atoms with Gasteiger partial charge in [-0.3, -0.25) is 14.8 Å². The fourth-order valence-electron chi connectivity index (χ4n) is 2.15. The fourth-order valence-corrected chi connectivity index (χ4v) is 4.28. The predicted molar refractivity (Wildman–Crippen MR) is 91.4 cm³/mol. The highest BCUT2D eigenvalue weighted by Gasteiger charge is 2.26. The topological polar surface area (TPSA) is 102 Å². The van der Waals surface area contributed by atoms with E-state index in [0.29, 0.717) is 6.07 Å². The molecule has 0 aliphatic carbocycles. The molecule has 1 N–H and O–H groups in total. The van der Waals surface area contributed by atoms with Crippen LogP contribution in [0.5, 0.6) is 0 Å². The number of benzene rings is 2. The molecule has 0 amide bonds. The van der Waals surface area contributed by atoms with Gasteiger partial charge in [0.25, 0.3) is 15.7 Å². The molecule has 134 valence electrons. The quantitative estimate of drug-likeness (QED) is 0.521. The van der Waals surface area contributed by atoms with Crippen molar-refractivity contribution >= 4 is 32.2 Å². The van der Waals surface area contributed by atoms with Crippen LogP contribution in [-0.4, -0.2) is 18.3 Å². The van der Waals surface area contributed by atoms with E-state index in [0.717, 1.165) is 29.5 Å². The van der Waals surface area contributed by atoms with E-state index >= 15 is 0 Å². The number of halogens is 2. The third kappa shape index (κ3) is 3.53. The molecule has 0 bridgehead atoms. The molecular formula is C15H9F2N3O4S2. The van der Waals surface area contributed by atoms with Crippen molar-refractivity contribution in [1.29, 1.82) is 0 Å². The Bertz CT molecular complexity index is 1100. The second-order valence-electron chi connectivity index (χ2n) is 4.99. The number of thiazole rings is 1. The van der Waals surface area contributed by atoms with E-state index in [1.54, 1.807) is 0 Å². The first-order chi connectivity index (χ1) is 12.3. The highest BCUT2D eigenvalue weighted by atomic mass is 32.2. The van der Waals surface area contributed by atoms with Gasteiger partial charge in [-0.05, 0) is 18.2 Å². The van der Waals surface area contributed by atoms with Gasteiger partial charge in [-0.25, -0.2) is 22.2 Å². The number of nitro benzene ring substituents is 1. The summed E-state index contributed by atoms with van der Waals surface area (Å²) in [5.74, 6) is -1.60. The van der Waals surface area contributed by atoms with Crippen molar-refractivity contribution < 1.29 is 22.1 Å². The van der Waals surface area contributed by atoms with E-state index in [9.17, 15) is 27.3 Å². The summed E-state index contributed by atoms with van der Waals surface area (Å²) in [5, 5.41) is 12.3. The highest BCUT2D eigenvalue weighted by Crippen LogP contribution is 2.30. The minimum Gasteiger partial charge on any atom is -0.258 e. The highest BCUT2D eigenvalue weighted by molar-refractivity contribution is 7.93. The number of anilines is 1. The van der Waals surface area contributed by atoms with E-state index in [4.69, 9.17) is 0 Å². The molecule has 1 heterocycles. The first-order valence-corrected chi connectivity index (χ1v) is 9.31. The molecule has 3 rings (SSSR count). The molecule has 0 saturated carbocycles. The summed E-state index contributed by atoms with van der Waals surface area (Å²) in [6, 6.07) is 7.77. The molecule has 0 radical (unpaired) electrons. The average Bonchev–Trinajstić information content (AvgIpc) is 3.02. The number of para-hydroxylation sites is 1. The van der Waals surface area contributed by atoms with Crippen LogP contribution in [0.2, 0.25) is 0 Å². The third-order valence-corrected chi connectivity index (χ3v) is 5.56. The zero-order valence-electron chi connectivity index (χ0n) is 12.7. The standard InChI is InChI=1S/C15H9F2N3O4S2/c16-9-5-6-10(11(17)7-9)12-8-25-15(18-12)19-26(23,24)14-4-2-1-3-13(14)20(21)22/h1-8H,(H,18,19). The van der Waals surface area contributed by atoms with Gasteiger partial charge in [0.1, 0.15) is 11.6 Å². The summed E-state index contributed by atoms with van der Waals surface area (Å²) in [6.07, 6.45) is 0. The monoisotopic (exact) mass is 397 g/mol. The maximum Gasteiger partial charge on any atom is 0.289 e. The van der Waals surface area contributed by atoms with Crippen LogP contribution in [-0.2, 0) is 10.0 Å². The summed E-state index contributed by atoms with van der Waals surface area (Å²) in [7, 11) is -4.27. The lowest BCUT2D eigenvalue weighted by Gasteiger charge is -2.05. The molecule has 0 unspecified atom stereocenters. The van der Waals surface area contributed by atoms with Gasteiger partial charge in [-0.1, -0.05) is 12.1 Å². The van der Waals surface area contributed by atoms with Crippen LogP contribution in [0, 0.1) is 21.7 Å². The van der Waals surface area contributed by atoms with E-state index in [1.807, 2.05) is 0 Å². The molecule has 0 fully saturated rings. The SMILES string of the molecule is O=[N+]([O-])c1ccccc1S(=O)(=O)Nc1nc(-c2ccc(F)cc2F)cs1. The summed E-state index contributed by atoms with van der Waals surface area (Å²) in [5.41, 5.74) is -0.479. The summed E-state index contributed by atoms with van der Waals surface area (Å²) in [4.78, 5) is 13.6. The van der Waals surface area contributed by atoms with Crippen molar-refractivity contribution in [2.45, 2.75) is 4.90 Å². The minimum absolute atomic E-state index is 0.00112. The number of aromatic nitrogens is 1. The Kier molecular flexibility index (Phi) is 4.66. The summed E-state index contributed by atoms with van der Waals surface area (Å²) >= 11 is 0.861. The van der Waals surface area contributed by atoms with Gasteiger partial charge in [0.15, 0.2) is 10.0 Å². The molecule has 2 aromatic carbocycles. The van der Waals surface area contributed by atoms with Crippen molar-refractivity contribution in [2.24, 2.45) is 0 Å². The number of sulfonamides is 1. The second-order valence-corrected chi connectivity index (χ2v) is 7.50. The van der Waals surface area contributed by atoms with Crippen LogP contribution < -0.4 is 4.72 Å². The normalized spacial score (nSPS) is 11.3. The van der Waals surface area contributed by atoms with Crippen molar-refractivity contribution in [3.63, 3.8) is 0 Å². The van der Waals surface area contributed by atoms with Crippen LogP contribution >= 0.6 is 11.3 Å². The molecule has 1 aromatic heterocycles. The van der Waals surface area contributed by atoms with Gasteiger partial charge >= 0.3 is 0 Å². The number of hydrogen-bond donors (Lipinski definition) is 1. The molecule has 11 heteroatoms. The molecule has 0 atom stereocenters. The Morgan fingerprint density at radius 2 is 1.88 bits per heavy atom. The van der Waals surface area contributed by atoms with Crippen molar-refractivity contribution in [3.05, 3.63) is 69.6 Å². The minimum atomic E-state index is -4.27. The van der Waals surface area contributed by atoms with E-state index in [-0.39, 0.29) is 16.4 Å². The maximum absolute atomic E-state index is 13.8. The molecule has 0 saturated heterocycles. The van der Waals surface area contributed by atoms with Crippen LogP contribution in [0.3, 0.4) is 0 Å². The first-order valence-electron chi connectivity index (χ1n) is 6.95. The molecule has 0 aliphatic heterocycles. The molecule has 26 heavy (non-hydrogen) atoms. The van der Waals surface area contributed by atoms with Gasteiger partial charge in [-0.2, -0.15) is 0 Å². The number of nitrogens with zero attached hydrogens (tertiary/aromatic N) is 2. The fraction of sp³-hybridized carbons (Fsp3) is 0. The van der Waals surface area contributed by atoms with Crippen LogP contribution in [0.4, 0.5) is 19.6 Å². The average molecular weight is 397 g/mol. The number of nitro groups is 1. The molecule has 0 spiro atoms. The third-order valence-electron chi connectivity index (χ3n) is 3.28. The smallest absolute Gasteiger partial charge is 0.258 e. The second kappa shape index (κ2) is 6.77. The van der Waals surface area contributed by atoms with Crippen LogP contribution in [0.25, 0.3) is 11.3 Å². The van der Waals surface area contributed by atoms with Crippen molar-refractivity contribution in [1.82, 2.24) is 4.98 Å². The van der Waals surface area contributed by atoms with E-state index in [1.165, 1.54) is 23.6 Å². The van der Waals surface area contributed by atoms with Crippen LogP contribution in [0.1, 0.15) is 0 Å². The van der Waals surface area contributed by atoms with E-state index in [2.05, 4.69) is 9.71 Å². The lowest BCUT2D eigenvalue weighted by atomic mass is 10.1. The summed E-state index contributed by atoms with van der Waals surface area (Å²) in [6.45, 7) is 0. The molecule has 0 aliphatic rings. The molecule has 7 nitrogen and oxygen atoms in total. The lowest BCUT2D eigenvalue weighted by molar-refractivity contribution is -0.387. The molecule has 3 aromatic rings. The summed E-state index contributed by atoms with van der Waals surface area (Å²) < 4.78 is 53.7. The largest absolute Gasteiger partial charge is 0.289 e. The van der Waals surface area contributed by atoms with Crippen molar-refractivity contribution in [3.8, 4) is 11.3 Å². The maximum atomic E-state index is 13.8. The van der Waals surface area contributed by atoms with E-state index < -0.39 is 37.2 Å². The van der Waals surface area contributed by atoms with Crippen molar-refractivity contribution in [2.75, 3.05) is 4.72 Å². The molecular weight excluding hydrogens is 388 g/mol.